The zero-order valence-corrected chi connectivity index (χ0v) is 9.85. The van der Waals surface area contributed by atoms with Crippen LogP contribution in [0.1, 0.15) is 19.5 Å². The monoisotopic (exact) mass is 211 g/mol. The molecule has 0 unspecified atom stereocenters. The van der Waals surface area contributed by atoms with Crippen molar-refractivity contribution in [2.45, 2.75) is 13.8 Å². The van der Waals surface area contributed by atoms with Crippen LogP contribution in [-0.4, -0.2) is 4.98 Å². The van der Waals surface area contributed by atoms with Gasteiger partial charge in [0.15, 0.2) is 0 Å². The van der Waals surface area contributed by atoms with Crippen LogP contribution in [0.3, 0.4) is 0 Å². The largest absolute Gasteiger partial charge is 0.257 e. The number of rotatable bonds is 2. The summed E-state index contributed by atoms with van der Waals surface area (Å²) in [5.74, 6) is 0. The van der Waals surface area contributed by atoms with E-state index in [4.69, 9.17) is 0 Å². The Morgan fingerprint density at radius 3 is 2.31 bits per heavy atom. The molecule has 0 radical (unpaired) electrons. The van der Waals surface area contributed by atoms with Crippen LogP contribution in [0.15, 0.2) is 55.2 Å². The van der Waals surface area contributed by atoms with Gasteiger partial charge in [0.1, 0.15) is 0 Å². The van der Waals surface area contributed by atoms with E-state index in [9.17, 15) is 0 Å². The highest BCUT2D eigenvalue weighted by Crippen LogP contribution is 2.18. The summed E-state index contributed by atoms with van der Waals surface area (Å²) in [7, 11) is 0. The molecule has 0 fully saturated rings. The molecule has 16 heavy (non-hydrogen) atoms. The molecular formula is C15H17N. The van der Waals surface area contributed by atoms with Gasteiger partial charge >= 0.3 is 0 Å². The molecule has 0 saturated heterocycles. The predicted octanol–water partition coefficient (Wildman–Crippen LogP) is 4.42. The smallest absolute Gasteiger partial charge is 0.0629 e. The molecule has 2 aromatic rings. The van der Waals surface area contributed by atoms with Crippen molar-refractivity contribution in [3.63, 3.8) is 0 Å². The molecule has 1 aromatic carbocycles. The summed E-state index contributed by atoms with van der Waals surface area (Å²) >= 11 is 0. The molecule has 0 bridgehead atoms. The lowest BCUT2D eigenvalue weighted by Gasteiger charge is -2.01. The first-order chi connectivity index (χ1) is 7.90. The van der Waals surface area contributed by atoms with Crippen LogP contribution >= 0.6 is 0 Å². The predicted molar refractivity (Wildman–Crippen MR) is 71.1 cm³/mol. The van der Waals surface area contributed by atoms with Crippen molar-refractivity contribution in [1.29, 1.82) is 0 Å². The van der Waals surface area contributed by atoms with Crippen molar-refractivity contribution in [1.82, 2.24) is 4.98 Å². The molecule has 1 aromatic heterocycles. The maximum atomic E-state index is 4.17. The molecule has 82 valence electrons. The fourth-order valence-corrected chi connectivity index (χ4v) is 1.37. The second-order valence-electron chi connectivity index (χ2n) is 3.04. The first kappa shape index (κ1) is 12.2. The van der Waals surface area contributed by atoms with E-state index < -0.39 is 0 Å². The summed E-state index contributed by atoms with van der Waals surface area (Å²) < 4.78 is 0. The van der Waals surface area contributed by atoms with Crippen LogP contribution in [0.25, 0.3) is 17.2 Å². The van der Waals surface area contributed by atoms with E-state index >= 15 is 0 Å². The summed E-state index contributed by atoms with van der Waals surface area (Å²) in [6, 6.07) is 14.3. The fourth-order valence-electron chi connectivity index (χ4n) is 1.37. The number of aromatic nitrogens is 1. The summed E-state index contributed by atoms with van der Waals surface area (Å²) in [6.07, 6.45) is 3.56. The van der Waals surface area contributed by atoms with E-state index in [0.717, 1.165) is 5.69 Å². The van der Waals surface area contributed by atoms with Gasteiger partial charge in [0.25, 0.3) is 0 Å². The highest BCUT2D eigenvalue weighted by atomic mass is 14.6. The average Bonchev–Trinajstić information content (AvgIpc) is 2.42. The first-order valence-corrected chi connectivity index (χ1v) is 5.54. The van der Waals surface area contributed by atoms with Gasteiger partial charge in [0, 0.05) is 6.20 Å². The maximum Gasteiger partial charge on any atom is 0.0629 e. The summed E-state index contributed by atoms with van der Waals surface area (Å²) in [4.78, 5) is 4.17. The van der Waals surface area contributed by atoms with Crippen molar-refractivity contribution < 1.29 is 0 Å². The Morgan fingerprint density at radius 2 is 1.69 bits per heavy atom. The van der Waals surface area contributed by atoms with Crippen LogP contribution in [0.4, 0.5) is 0 Å². The van der Waals surface area contributed by atoms with E-state index in [1.807, 2.05) is 44.2 Å². The minimum atomic E-state index is 0.909. The van der Waals surface area contributed by atoms with Crippen LogP contribution in [-0.2, 0) is 0 Å². The molecule has 0 aliphatic heterocycles. The lowest BCUT2D eigenvalue weighted by molar-refractivity contribution is 1.30. The van der Waals surface area contributed by atoms with Gasteiger partial charge in [-0.25, -0.2) is 0 Å². The zero-order valence-electron chi connectivity index (χ0n) is 9.85. The van der Waals surface area contributed by atoms with Crippen LogP contribution in [0, 0.1) is 0 Å². The van der Waals surface area contributed by atoms with Gasteiger partial charge in [-0.2, -0.15) is 0 Å². The third-order valence-electron chi connectivity index (χ3n) is 2.10. The minimum absolute atomic E-state index is 0.909. The van der Waals surface area contributed by atoms with Crippen molar-refractivity contribution >= 4 is 6.08 Å². The zero-order chi connectivity index (χ0) is 11.8. The quantitative estimate of drug-likeness (QED) is 0.716. The average molecular weight is 211 g/mol. The van der Waals surface area contributed by atoms with Gasteiger partial charge in [0.05, 0.1) is 5.69 Å². The fraction of sp³-hybridized carbons (Fsp3) is 0.133. The van der Waals surface area contributed by atoms with Gasteiger partial charge in [-0.05, 0) is 29.3 Å². The highest BCUT2D eigenvalue weighted by molar-refractivity contribution is 5.65. The highest BCUT2D eigenvalue weighted by Gasteiger charge is 1.96. The molecule has 0 aliphatic carbocycles. The Hall–Kier alpha value is -1.89. The minimum Gasteiger partial charge on any atom is -0.257 e. The second-order valence-corrected chi connectivity index (χ2v) is 3.04. The Labute approximate surface area is 97.5 Å². The maximum absolute atomic E-state index is 4.17. The number of hydrogen-bond donors (Lipinski definition) is 0. The van der Waals surface area contributed by atoms with Crippen LogP contribution < -0.4 is 0 Å². The number of benzene rings is 1. The number of pyridine rings is 1. The van der Waals surface area contributed by atoms with E-state index in [2.05, 4.69) is 23.7 Å². The molecule has 0 atom stereocenters. The molecule has 0 spiro atoms. The van der Waals surface area contributed by atoms with E-state index in [0.29, 0.717) is 0 Å². The Kier molecular flexibility index (Phi) is 5.00. The Bertz CT molecular complexity index is 432. The molecule has 1 nitrogen and oxygen atoms in total. The van der Waals surface area contributed by atoms with Gasteiger partial charge in [0.2, 0.25) is 0 Å². The second kappa shape index (κ2) is 6.57. The molecule has 0 amide bonds. The summed E-state index contributed by atoms with van der Waals surface area (Å²) in [6.45, 7) is 7.70. The molecule has 0 N–H and O–H groups in total. The molecule has 0 aliphatic rings. The van der Waals surface area contributed by atoms with Crippen LogP contribution in [0.2, 0.25) is 0 Å². The van der Waals surface area contributed by atoms with Gasteiger partial charge in [-0.1, -0.05) is 50.8 Å². The number of nitrogens with zero attached hydrogens (tertiary/aromatic N) is 1. The normalized spacial score (nSPS) is 8.88. The molecule has 0 saturated carbocycles. The molecule has 2 rings (SSSR count). The van der Waals surface area contributed by atoms with Crippen molar-refractivity contribution in [2.24, 2.45) is 0 Å². The molecular weight excluding hydrogens is 194 g/mol. The lowest BCUT2D eigenvalue weighted by atomic mass is 10.1. The summed E-state index contributed by atoms with van der Waals surface area (Å²) in [5.41, 5.74) is 3.29. The van der Waals surface area contributed by atoms with Crippen molar-refractivity contribution in [3.05, 3.63) is 60.9 Å². The standard InChI is InChI=1S/C13H11N.C2H6/c1-2-13-10-12(8-9-14-13)11-6-4-3-5-7-11;1-2/h2-10H,1H2;1-2H3. The number of hydrogen-bond acceptors (Lipinski definition) is 1. The lowest BCUT2D eigenvalue weighted by Crippen LogP contribution is -1.82. The van der Waals surface area contributed by atoms with Crippen molar-refractivity contribution in [3.8, 4) is 11.1 Å². The third-order valence-corrected chi connectivity index (χ3v) is 2.10. The van der Waals surface area contributed by atoms with Crippen LogP contribution in [0.5, 0.6) is 0 Å². The third kappa shape index (κ3) is 3.06. The first-order valence-electron chi connectivity index (χ1n) is 5.54. The van der Waals surface area contributed by atoms with Gasteiger partial charge in [-0.15, -0.1) is 0 Å². The molecule has 1 heteroatoms. The van der Waals surface area contributed by atoms with E-state index in [1.165, 1.54) is 11.1 Å². The van der Waals surface area contributed by atoms with E-state index in [1.54, 1.807) is 12.3 Å². The van der Waals surface area contributed by atoms with Gasteiger partial charge in [-0.3, -0.25) is 4.98 Å². The summed E-state index contributed by atoms with van der Waals surface area (Å²) in [5, 5.41) is 0. The Balaban J connectivity index is 0.000000606. The van der Waals surface area contributed by atoms with E-state index in [-0.39, 0.29) is 0 Å². The molecule has 1 heterocycles. The Morgan fingerprint density at radius 1 is 1.00 bits per heavy atom. The van der Waals surface area contributed by atoms with Crippen molar-refractivity contribution in [2.75, 3.05) is 0 Å². The SMILES string of the molecule is C=Cc1cc(-c2ccccc2)ccn1.CC. The van der Waals surface area contributed by atoms with Gasteiger partial charge < -0.3 is 0 Å². The topological polar surface area (TPSA) is 12.9 Å².